The molecule has 1 aromatic rings. The van der Waals surface area contributed by atoms with Crippen molar-refractivity contribution in [3.8, 4) is 5.88 Å². The van der Waals surface area contributed by atoms with Gasteiger partial charge in [-0.25, -0.2) is 4.98 Å². The third-order valence-corrected chi connectivity index (χ3v) is 1.69. The summed E-state index contributed by atoms with van der Waals surface area (Å²) in [5.74, 6) is 1.11. The van der Waals surface area contributed by atoms with Crippen LogP contribution in [0.1, 0.15) is 27.7 Å². The molecule has 0 amide bonds. The Bertz CT molecular complexity index is 333. The van der Waals surface area contributed by atoms with Gasteiger partial charge in [-0.1, -0.05) is 0 Å². The molecule has 0 unspecified atom stereocenters. The topological polar surface area (TPSA) is 73.1 Å². The highest BCUT2D eigenvalue weighted by Crippen LogP contribution is 2.10. The summed E-state index contributed by atoms with van der Waals surface area (Å²) in [6.07, 6.45) is 1.77. The van der Waals surface area contributed by atoms with E-state index in [1.54, 1.807) is 12.3 Å². The lowest BCUT2D eigenvalue weighted by atomic mass is 10.1. The maximum atomic E-state index is 5.85. The maximum absolute atomic E-state index is 5.85. The Morgan fingerprint density at radius 2 is 2.19 bits per heavy atom. The molecular weight excluding hydrogens is 204 g/mol. The Balaban J connectivity index is 2.60. The van der Waals surface area contributed by atoms with Crippen LogP contribution in [0.25, 0.3) is 0 Å². The fraction of sp³-hybridized carbons (Fsp3) is 0.636. The highest BCUT2D eigenvalue weighted by Gasteiger charge is 2.11. The van der Waals surface area contributed by atoms with Crippen LogP contribution in [0.2, 0.25) is 0 Å². The first-order chi connectivity index (χ1) is 7.37. The zero-order valence-corrected chi connectivity index (χ0v) is 10.3. The second-order valence-corrected chi connectivity index (χ2v) is 4.73. The SMILES string of the molecule is CC(C)Oc1ccnc(NCC(C)(C)N)n1. The monoisotopic (exact) mass is 224 g/mol. The van der Waals surface area contributed by atoms with E-state index in [2.05, 4.69) is 15.3 Å². The largest absolute Gasteiger partial charge is 0.475 e. The minimum Gasteiger partial charge on any atom is -0.475 e. The summed E-state index contributed by atoms with van der Waals surface area (Å²) < 4.78 is 5.46. The molecule has 1 heterocycles. The summed E-state index contributed by atoms with van der Waals surface area (Å²) in [7, 11) is 0. The Kier molecular flexibility index (Phi) is 4.06. The first-order valence-corrected chi connectivity index (χ1v) is 5.39. The molecular formula is C11H20N4O. The van der Waals surface area contributed by atoms with Crippen molar-refractivity contribution < 1.29 is 4.74 Å². The quantitative estimate of drug-likeness (QED) is 0.791. The molecule has 5 nitrogen and oxygen atoms in total. The van der Waals surface area contributed by atoms with Crippen LogP contribution in [0.4, 0.5) is 5.95 Å². The van der Waals surface area contributed by atoms with E-state index in [0.29, 0.717) is 18.4 Å². The number of anilines is 1. The highest BCUT2D eigenvalue weighted by atomic mass is 16.5. The summed E-state index contributed by atoms with van der Waals surface area (Å²) >= 11 is 0. The predicted octanol–water partition coefficient (Wildman–Crippen LogP) is 1.41. The van der Waals surface area contributed by atoms with Crippen molar-refractivity contribution >= 4 is 5.95 Å². The second kappa shape index (κ2) is 5.12. The van der Waals surface area contributed by atoms with E-state index < -0.39 is 0 Å². The fourth-order valence-electron chi connectivity index (χ4n) is 1.04. The van der Waals surface area contributed by atoms with Crippen LogP contribution in [-0.2, 0) is 0 Å². The summed E-state index contributed by atoms with van der Waals surface area (Å²) in [5.41, 5.74) is 5.56. The molecule has 0 saturated heterocycles. The molecule has 1 rings (SSSR count). The van der Waals surface area contributed by atoms with Crippen LogP contribution in [0.3, 0.4) is 0 Å². The molecule has 0 atom stereocenters. The van der Waals surface area contributed by atoms with Crippen LogP contribution < -0.4 is 15.8 Å². The zero-order chi connectivity index (χ0) is 12.2. The van der Waals surface area contributed by atoms with Crippen LogP contribution >= 0.6 is 0 Å². The standard InChI is InChI=1S/C11H20N4O/c1-8(2)16-9-5-6-13-10(15-9)14-7-11(3,4)12/h5-6,8H,7,12H2,1-4H3,(H,13,14,15). The first kappa shape index (κ1) is 12.7. The van der Waals surface area contributed by atoms with Crippen molar-refractivity contribution in [1.82, 2.24) is 9.97 Å². The molecule has 90 valence electrons. The van der Waals surface area contributed by atoms with E-state index in [-0.39, 0.29) is 11.6 Å². The molecule has 0 aromatic carbocycles. The summed E-state index contributed by atoms with van der Waals surface area (Å²) in [6.45, 7) is 8.40. The lowest BCUT2D eigenvalue weighted by Gasteiger charge is -2.19. The molecule has 16 heavy (non-hydrogen) atoms. The predicted molar refractivity (Wildman–Crippen MR) is 64.6 cm³/mol. The van der Waals surface area contributed by atoms with E-state index in [1.807, 2.05) is 27.7 Å². The maximum Gasteiger partial charge on any atom is 0.226 e. The van der Waals surface area contributed by atoms with Crippen molar-refractivity contribution in [2.75, 3.05) is 11.9 Å². The number of nitrogens with two attached hydrogens (primary N) is 1. The van der Waals surface area contributed by atoms with Crippen molar-refractivity contribution in [3.05, 3.63) is 12.3 Å². The summed E-state index contributed by atoms with van der Waals surface area (Å²) in [4.78, 5) is 8.31. The van der Waals surface area contributed by atoms with Gasteiger partial charge < -0.3 is 15.8 Å². The lowest BCUT2D eigenvalue weighted by molar-refractivity contribution is 0.232. The number of nitrogens with zero attached hydrogens (tertiary/aromatic N) is 2. The van der Waals surface area contributed by atoms with E-state index in [1.165, 1.54) is 0 Å². The average molecular weight is 224 g/mol. The second-order valence-electron chi connectivity index (χ2n) is 4.73. The van der Waals surface area contributed by atoms with Gasteiger partial charge in [-0.05, 0) is 27.7 Å². The van der Waals surface area contributed by atoms with Gasteiger partial charge >= 0.3 is 0 Å². The van der Waals surface area contributed by atoms with Crippen molar-refractivity contribution in [2.24, 2.45) is 5.73 Å². The number of ether oxygens (including phenoxy) is 1. The molecule has 0 aliphatic heterocycles. The molecule has 0 bridgehead atoms. The fourth-order valence-corrected chi connectivity index (χ4v) is 1.04. The van der Waals surface area contributed by atoms with Crippen LogP contribution in [0, 0.1) is 0 Å². The van der Waals surface area contributed by atoms with Crippen LogP contribution in [0.5, 0.6) is 5.88 Å². The molecule has 0 aliphatic carbocycles. The van der Waals surface area contributed by atoms with Crippen LogP contribution in [0.15, 0.2) is 12.3 Å². The third kappa shape index (κ3) is 4.93. The molecule has 0 aliphatic rings. The molecule has 0 spiro atoms. The van der Waals surface area contributed by atoms with E-state index in [9.17, 15) is 0 Å². The van der Waals surface area contributed by atoms with Gasteiger partial charge in [0.15, 0.2) is 0 Å². The third-order valence-electron chi connectivity index (χ3n) is 1.69. The van der Waals surface area contributed by atoms with Crippen molar-refractivity contribution in [2.45, 2.75) is 39.3 Å². The number of aromatic nitrogens is 2. The Labute approximate surface area is 96.4 Å². The molecule has 3 N–H and O–H groups in total. The minimum absolute atomic E-state index is 0.105. The molecule has 1 aromatic heterocycles. The van der Waals surface area contributed by atoms with Gasteiger partial charge in [-0.2, -0.15) is 4.98 Å². The zero-order valence-electron chi connectivity index (χ0n) is 10.3. The molecule has 0 saturated carbocycles. The van der Waals surface area contributed by atoms with Gasteiger partial charge in [-0.3, -0.25) is 0 Å². The van der Waals surface area contributed by atoms with Crippen molar-refractivity contribution in [3.63, 3.8) is 0 Å². The van der Waals surface area contributed by atoms with Gasteiger partial charge in [0.05, 0.1) is 6.10 Å². The normalized spacial score (nSPS) is 11.6. The molecule has 0 radical (unpaired) electrons. The average Bonchev–Trinajstić information content (AvgIpc) is 2.13. The number of hydrogen-bond acceptors (Lipinski definition) is 5. The van der Waals surface area contributed by atoms with Crippen LogP contribution in [-0.4, -0.2) is 28.2 Å². The van der Waals surface area contributed by atoms with Crippen molar-refractivity contribution in [1.29, 1.82) is 0 Å². The van der Waals surface area contributed by atoms with Gasteiger partial charge in [0.25, 0.3) is 0 Å². The van der Waals surface area contributed by atoms with E-state index in [0.717, 1.165) is 0 Å². The van der Waals surface area contributed by atoms with Gasteiger partial charge in [0, 0.05) is 24.3 Å². The molecule has 5 heteroatoms. The minimum atomic E-state index is -0.293. The van der Waals surface area contributed by atoms with E-state index >= 15 is 0 Å². The highest BCUT2D eigenvalue weighted by molar-refractivity contribution is 5.28. The van der Waals surface area contributed by atoms with Gasteiger partial charge in [0.2, 0.25) is 11.8 Å². The smallest absolute Gasteiger partial charge is 0.226 e. The van der Waals surface area contributed by atoms with Gasteiger partial charge in [0.1, 0.15) is 0 Å². The van der Waals surface area contributed by atoms with Gasteiger partial charge in [-0.15, -0.1) is 0 Å². The number of rotatable bonds is 5. The lowest BCUT2D eigenvalue weighted by Crippen LogP contribution is -2.39. The summed E-state index contributed by atoms with van der Waals surface area (Å²) in [6, 6.07) is 1.73. The summed E-state index contributed by atoms with van der Waals surface area (Å²) in [5, 5.41) is 3.07. The Morgan fingerprint density at radius 3 is 2.75 bits per heavy atom. The Hall–Kier alpha value is -1.36. The Morgan fingerprint density at radius 1 is 1.50 bits per heavy atom. The first-order valence-electron chi connectivity index (χ1n) is 5.39. The number of hydrogen-bond donors (Lipinski definition) is 2. The molecule has 0 fully saturated rings. The van der Waals surface area contributed by atoms with E-state index in [4.69, 9.17) is 10.5 Å². The number of nitrogens with one attached hydrogen (secondary N) is 1.